The molecule has 1 N–H and O–H groups in total. The van der Waals surface area contributed by atoms with Crippen molar-refractivity contribution in [2.75, 3.05) is 46.5 Å². The first kappa shape index (κ1) is 15.2. The largest absolute Gasteiger partial charge is 0.389 e. The van der Waals surface area contributed by atoms with Crippen LogP contribution in [-0.2, 0) is 14.3 Å². The van der Waals surface area contributed by atoms with Crippen molar-refractivity contribution >= 4 is 5.91 Å². The van der Waals surface area contributed by atoms with E-state index in [0.29, 0.717) is 19.7 Å². The Labute approximate surface area is 126 Å². The maximum atomic E-state index is 12.4. The Hall–Kier alpha value is -0.690. The zero-order chi connectivity index (χ0) is 14.9. The molecule has 0 aromatic rings. The van der Waals surface area contributed by atoms with Gasteiger partial charge in [-0.25, -0.2) is 0 Å². The molecule has 6 heteroatoms. The van der Waals surface area contributed by atoms with Crippen molar-refractivity contribution < 1.29 is 19.4 Å². The molecule has 3 rings (SSSR count). The van der Waals surface area contributed by atoms with Crippen molar-refractivity contribution in [1.29, 1.82) is 0 Å². The van der Waals surface area contributed by atoms with Crippen LogP contribution in [-0.4, -0.2) is 85.1 Å². The molecule has 0 aromatic heterocycles. The van der Waals surface area contributed by atoms with Crippen LogP contribution in [0.3, 0.4) is 0 Å². The summed E-state index contributed by atoms with van der Waals surface area (Å²) in [6, 6.07) is 0.272. The summed E-state index contributed by atoms with van der Waals surface area (Å²) in [7, 11) is 1.71. The van der Waals surface area contributed by atoms with Crippen LogP contribution in [0.5, 0.6) is 0 Å². The van der Waals surface area contributed by atoms with Gasteiger partial charge in [0, 0.05) is 33.3 Å². The molecule has 0 radical (unpaired) electrons. The molecule has 3 fully saturated rings. The minimum Gasteiger partial charge on any atom is -0.389 e. The Morgan fingerprint density at radius 1 is 1.43 bits per heavy atom. The summed E-state index contributed by atoms with van der Waals surface area (Å²) >= 11 is 0. The topological polar surface area (TPSA) is 62.2 Å². The summed E-state index contributed by atoms with van der Waals surface area (Å²) in [4.78, 5) is 16.6. The fraction of sp³-hybridized carbons (Fsp3) is 0.933. The van der Waals surface area contributed by atoms with Crippen molar-refractivity contribution in [2.24, 2.45) is 0 Å². The minimum atomic E-state index is -0.735. The van der Waals surface area contributed by atoms with Gasteiger partial charge in [0.05, 0.1) is 37.4 Å². The number of carbonyl (C=O) groups is 1. The highest BCUT2D eigenvalue weighted by molar-refractivity contribution is 5.78. The monoisotopic (exact) mass is 298 g/mol. The molecule has 2 atom stereocenters. The van der Waals surface area contributed by atoms with Gasteiger partial charge in [-0.2, -0.15) is 0 Å². The molecule has 120 valence electrons. The third-order valence-corrected chi connectivity index (χ3v) is 5.12. The lowest BCUT2D eigenvalue weighted by Crippen LogP contribution is -2.51. The van der Waals surface area contributed by atoms with Gasteiger partial charge in [0.15, 0.2) is 0 Å². The van der Waals surface area contributed by atoms with Gasteiger partial charge < -0.3 is 19.5 Å². The smallest absolute Gasteiger partial charge is 0.225 e. The Balaban J connectivity index is 1.56. The van der Waals surface area contributed by atoms with Crippen LogP contribution in [0.25, 0.3) is 0 Å². The van der Waals surface area contributed by atoms with Crippen LogP contribution >= 0.6 is 0 Å². The number of rotatable bonds is 5. The van der Waals surface area contributed by atoms with E-state index in [1.54, 1.807) is 7.11 Å². The van der Waals surface area contributed by atoms with Gasteiger partial charge in [-0.15, -0.1) is 0 Å². The van der Waals surface area contributed by atoms with E-state index in [0.717, 1.165) is 39.0 Å². The number of morpholine rings is 1. The number of likely N-dealkylation sites (tertiary alicyclic amines) is 1. The Bertz CT molecular complexity index is 386. The SMILES string of the molecule is COCCN1CCO[C@H]2CN(C(=O)CC3(O)CCC3)C[C@H]21. The molecular weight excluding hydrogens is 272 g/mol. The van der Waals surface area contributed by atoms with Gasteiger partial charge in [-0.1, -0.05) is 0 Å². The van der Waals surface area contributed by atoms with Crippen molar-refractivity contribution in [3.8, 4) is 0 Å². The van der Waals surface area contributed by atoms with E-state index in [-0.39, 0.29) is 24.5 Å². The summed E-state index contributed by atoms with van der Waals surface area (Å²) in [6.07, 6.45) is 2.93. The first-order valence-electron chi connectivity index (χ1n) is 7.96. The number of methoxy groups -OCH3 is 1. The van der Waals surface area contributed by atoms with Gasteiger partial charge in [-0.05, 0) is 19.3 Å². The first-order chi connectivity index (χ1) is 10.1. The summed E-state index contributed by atoms with van der Waals surface area (Å²) in [6.45, 7) is 4.57. The van der Waals surface area contributed by atoms with E-state index in [4.69, 9.17) is 9.47 Å². The van der Waals surface area contributed by atoms with E-state index < -0.39 is 5.60 Å². The summed E-state index contributed by atoms with van der Waals surface area (Å²) in [5.74, 6) is 0.0712. The molecule has 2 heterocycles. The number of amides is 1. The van der Waals surface area contributed by atoms with E-state index in [2.05, 4.69) is 4.90 Å². The molecule has 1 saturated carbocycles. The Morgan fingerprint density at radius 3 is 2.90 bits per heavy atom. The summed E-state index contributed by atoms with van der Waals surface area (Å²) < 4.78 is 11.0. The van der Waals surface area contributed by atoms with Crippen molar-refractivity contribution in [1.82, 2.24) is 9.80 Å². The van der Waals surface area contributed by atoms with E-state index in [1.165, 1.54) is 0 Å². The highest BCUT2D eigenvalue weighted by Gasteiger charge is 2.44. The van der Waals surface area contributed by atoms with Crippen LogP contribution in [0.15, 0.2) is 0 Å². The third-order valence-electron chi connectivity index (χ3n) is 5.12. The van der Waals surface area contributed by atoms with E-state index in [9.17, 15) is 9.90 Å². The highest BCUT2D eigenvalue weighted by atomic mass is 16.5. The van der Waals surface area contributed by atoms with Crippen molar-refractivity contribution in [3.05, 3.63) is 0 Å². The van der Waals surface area contributed by atoms with Gasteiger partial charge in [0.1, 0.15) is 0 Å². The maximum Gasteiger partial charge on any atom is 0.225 e. The number of hydrogen-bond donors (Lipinski definition) is 1. The van der Waals surface area contributed by atoms with Crippen LogP contribution in [0.1, 0.15) is 25.7 Å². The van der Waals surface area contributed by atoms with Crippen molar-refractivity contribution in [3.63, 3.8) is 0 Å². The molecule has 2 aliphatic heterocycles. The number of carbonyl (C=O) groups excluding carboxylic acids is 1. The van der Waals surface area contributed by atoms with Crippen LogP contribution < -0.4 is 0 Å². The molecule has 0 bridgehead atoms. The first-order valence-corrected chi connectivity index (χ1v) is 7.96. The predicted octanol–water partition coefficient (Wildman–Crippen LogP) is -0.150. The normalized spacial score (nSPS) is 31.8. The predicted molar refractivity (Wildman–Crippen MR) is 77.0 cm³/mol. The standard InChI is InChI=1S/C15H26N2O4/c1-20-7-5-16-6-8-21-13-11-17(10-12(13)16)14(18)9-15(19)3-2-4-15/h12-13,19H,2-11H2,1H3/t12-,13+/m1/s1. The maximum absolute atomic E-state index is 12.4. The summed E-state index contributed by atoms with van der Waals surface area (Å²) in [5.41, 5.74) is -0.735. The van der Waals surface area contributed by atoms with Gasteiger partial charge in [-0.3, -0.25) is 9.69 Å². The second-order valence-corrected chi connectivity index (χ2v) is 6.56. The van der Waals surface area contributed by atoms with E-state index >= 15 is 0 Å². The van der Waals surface area contributed by atoms with Gasteiger partial charge in [0.25, 0.3) is 0 Å². The van der Waals surface area contributed by atoms with Crippen LogP contribution in [0, 0.1) is 0 Å². The van der Waals surface area contributed by atoms with Crippen LogP contribution in [0.4, 0.5) is 0 Å². The van der Waals surface area contributed by atoms with E-state index in [1.807, 2.05) is 4.90 Å². The molecule has 3 aliphatic rings. The molecule has 1 amide bonds. The van der Waals surface area contributed by atoms with Crippen LogP contribution in [0.2, 0.25) is 0 Å². The lowest BCUT2D eigenvalue weighted by atomic mass is 9.77. The molecule has 0 aromatic carbocycles. The minimum absolute atomic E-state index is 0.0712. The number of ether oxygens (including phenoxy) is 2. The molecule has 21 heavy (non-hydrogen) atoms. The Kier molecular flexibility index (Phi) is 4.49. The quantitative estimate of drug-likeness (QED) is 0.765. The second kappa shape index (κ2) is 6.20. The zero-order valence-corrected chi connectivity index (χ0v) is 12.8. The lowest BCUT2D eigenvalue weighted by molar-refractivity contribution is -0.139. The molecule has 0 unspecified atom stereocenters. The molecule has 2 saturated heterocycles. The number of fused-ring (bicyclic) bond motifs is 1. The fourth-order valence-electron chi connectivity index (χ4n) is 3.60. The zero-order valence-electron chi connectivity index (χ0n) is 12.8. The number of nitrogens with zero attached hydrogens (tertiary/aromatic N) is 2. The lowest BCUT2D eigenvalue weighted by Gasteiger charge is -2.37. The van der Waals surface area contributed by atoms with Gasteiger partial charge in [0.2, 0.25) is 5.91 Å². The van der Waals surface area contributed by atoms with Gasteiger partial charge >= 0.3 is 0 Å². The number of aliphatic hydroxyl groups is 1. The molecular formula is C15H26N2O4. The summed E-state index contributed by atoms with van der Waals surface area (Å²) in [5, 5.41) is 10.2. The Morgan fingerprint density at radius 2 is 2.24 bits per heavy atom. The molecule has 6 nitrogen and oxygen atoms in total. The third kappa shape index (κ3) is 3.23. The second-order valence-electron chi connectivity index (χ2n) is 6.56. The average Bonchev–Trinajstić information content (AvgIpc) is 2.88. The van der Waals surface area contributed by atoms with Crippen molar-refractivity contribution in [2.45, 2.75) is 43.4 Å². The molecule has 1 aliphatic carbocycles. The highest BCUT2D eigenvalue weighted by Crippen LogP contribution is 2.35. The molecule has 0 spiro atoms. The number of hydrogen-bond acceptors (Lipinski definition) is 5. The fourth-order valence-corrected chi connectivity index (χ4v) is 3.60. The average molecular weight is 298 g/mol.